The summed E-state index contributed by atoms with van der Waals surface area (Å²) in [6.45, 7) is 0. The molecule has 0 amide bonds. The molecule has 0 fully saturated rings. The van der Waals surface area contributed by atoms with Crippen LogP contribution in [0.5, 0.6) is 0 Å². The molecule has 2 atom stereocenters. The first kappa shape index (κ1) is 11.8. The Morgan fingerprint density at radius 1 is 1.33 bits per heavy atom. The van der Waals surface area contributed by atoms with Crippen LogP contribution in [0.4, 0.5) is 0 Å². The first-order chi connectivity index (χ1) is 8.86. The highest BCUT2D eigenvalue weighted by molar-refractivity contribution is 8.00. The summed E-state index contributed by atoms with van der Waals surface area (Å²) in [7, 11) is 0. The molecule has 3 nitrogen and oxygen atoms in total. The summed E-state index contributed by atoms with van der Waals surface area (Å²) in [5.41, 5.74) is 4.36. The van der Waals surface area contributed by atoms with Crippen molar-refractivity contribution in [1.29, 1.82) is 0 Å². The fourth-order valence-electron chi connectivity index (χ4n) is 2.38. The van der Waals surface area contributed by atoms with Crippen molar-refractivity contribution in [2.45, 2.75) is 29.0 Å². The number of rotatable bonds is 4. The highest BCUT2D eigenvalue weighted by atomic mass is 32.2. The summed E-state index contributed by atoms with van der Waals surface area (Å²) < 4.78 is 5.40. The van der Waals surface area contributed by atoms with E-state index in [-0.39, 0.29) is 6.04 Å². The standard InChI is InChI=1S/C14H16N2OS/c15-16-12(9-11-5-3-7-17-11)14-8-10-4-1-2-6-13(10)18-14/h1-7,12,14,16H,8-9,15H2. The average Bonchev–Trinajstić information content (AvgIpc) is 3.04. The number of benzene rings is 1. The lowest BCUT2D eigenvalue weighted by atomic mass is 10.0. The van der Waals surface area contributed by atoms with Crippen molar-refractivity contribution in [3.8, 4) is 0 Å². The molecule has 2 aromatic rings. The summed E-state index contributed by atoms with van der Waals surface area (Å²) in [6, 6.07) is 12.7. The van der Waals surface area contributed by atoms with Gasteiger partial charge in [0.25, 0.3) is 0 Å². The molecule has 2 heterocycles. The van der Waals surface area contributed by atoms with Gasteiger partial charge in [-0.25, -0.2) is 0 Å². The minimum absolute atomic E-state index is 0.230. The maximum absolute atomic E-state index is 5.70. The molecule has 0 bridgehead atoms. The average molecular weight is 260 g/mol. The first-order valence-corrected chi connectivity index (χ1v) is 6.98. The molecule has 4 heteroatoms. The van der Waals surface area contributed by atoms with Crippen LogP contribution in [0, 0.1) is 0 Å². The van der Waals surface area contributed by atoms with E-state index in [0.717, 1.165) is 18.6 Å². The Kier molecular flexibility index (Phi) is 3.41. The van der Waals surface area contributed by atoms with Crippen LogP contribution in [0.25, 0.3) is 0 Å². The molecular weight excluding hydrogens is 244 g/mol. The summed E-state index contributed by atoms with van der Waals surface area (Å²) >= 11 is 1.91. The van der Waals surface area contributed by atoms with Crippen molar-refractivity contribution in [1.82, 2.24) is 5.43 Å². The van der Waals surface area contributed by atoms with Gasteiger partial charge in [0.2, 0.25) is 0 Å². The van der Waals surface area contributed by atoms with Crippen molar-refractivity contribution in [3.63, 3.8) is 0 Å². The van der Waals surface area contributed by atoms with Gasteiger partial charge in [0.05, 0.1) is 6.26 Å². The normalized spacial score (nSPS) is 19.7. The molecule has 94 valence electrons. The molecule has 3 N–H and O–H groups in total. The molecule has 0 aliphatic carbocycles. The number of hydrogen-bond acceptors (Lipinski definition) is 4. The Morgan fingerprint density at radius 2 is 2.22 bits per heavy atom. The summed E-state index contributed by atoms with van der Waals surface area (Å²) in [5.74, 6) is 6.68. The molecule has 0 spiro atoms. The van der Waals surface area contributed by atoms with Crippen molar-refractivity contribution in [3.05, 3.63) is 54.0 Å². The minimum Gasteiger partial charge on any atom is -0.469 e. The van der Waals surface area contributed by atoms with Gasteiger partial charge in [0, 0.05) is 22.6 Å². The molecule has 1 aromatic heterocycles. The van der Waals surface area contributed by atoms with Crippen LogP contribution in [-0.4, -0.2) is 11.3 Å². The maximum Gasteiger partial charge on any atom is 0.105 e. The third-order valence-electron chi connectivity index (χ3n) is 3.34. The number of hydrazine groups is 1. The predicted octanol–water partition coefficient (Wildman–Crippen LogP) is 2.37. The van der Waals surface area contributed by atoms with Gasteiger partial charge < -0.3 is 4.42 Å². The Bertz CT molecular complexity index is 485. The van der Waals surface area contributed by atoms with Crippen LogP contribution >= 0.6 is 11.8 Å². The van der Waals surface area contributed by atoms with E-state index in [2.05, 4.69) is 29.7 Å². The Hall–Kier alpha value is -1.23. The van der Waals surface area contributed by atoms with Crippen molar-refractivity contribution < 1.29 is 4.42 Å². The minimum atomic E-state index is 0.230. The molecule has 0 saturated heterocycles. The van der Waals surface area contributed by atoms with Crippen molar-refractivity contribution in [2.75, 3.05) is 0 Å². The van der Waals surface area contributed by atoms with E-state index >= 15 is 0 Å². The first-order valence-electron chi connectivity index (χ1n) is 6.10. The van der Waals surface area contributed by atoms with Gasteiger partial charge >= 0.3 is 0 Å². The molecule has 18 heavy (non-hydrogen) atoms. The van der Waals surface area contributed by atoms with E-state index in [9.17, 15) is 0 Å². The lowest BCUT2D eigenvalue weighted by Crippen LogP contribution is -2.44. The molecule has 0 radical (unpaired) electrons. The molecule has 1 aliphatic rings. The fraction of sp³-hybridized carbons (Fsp3) is 0.286. The smallest absolute Gasteiger partial charge is 0.105 e. The van der Waals surface area contributed by atoms with E-state index in [1.807, 2.05) is 23.9 Å². The second-order valence-corrected chi connectivity index (χ2v) is 5.81. The fourth-order valence-corrected chi connectivity index (χ4v) is 3.76. The zero-order chi connectivity index (χ0) is 12.4. The van der Waals surface area contributed by atoms with E-state index in [1.54, 1.807) is 6.26 Å². The lowest BCUT2D eigenvalue weighted by Gasteiger charge is -2.20. The molecule has 0 saturated carbocycles. The number of furan rings is 1. The SMILES string of the molecule is NNC(Cc1ccco1)C1Cc2ccccc2S1. The van der Waals surface area contributed by atoms with Crippen LogP contribution in [0.3, 0.4) is 0 Å². The highest BCUT2D eigenvalue weighted by Crippen LogP contribution is 2.38. The largest absolute Gasteiger partial charge is 0.469 e. The van der Waals surface area contributed by atoms with Gasteiger partial charge in [0.15, 0.2) is 0 Å². The number of nitrogens with one attached hydrogen (secondary N) is 1. The highest BCUT2D eigenvalue weighted by Gasteiger charge is 2.29. The quantitative estimate of drug-likeness (QED) is 0.654. The van der Waals surface area contributed by atoms with E-state index in [1.165, 1.54) is 10.5 Å². The summed E-state index contributed by atoms with van der Waals surface area (Å²) in [5, 5.41) is 0.470. The van der Waals surface area contributed by atoms with Crippen LogP contribution in [0.1, 0.15) is 11.3 Å². The third-order valence-corrected chi connectivity index (χ3v) is 4.79. The van der Waals surface area contributed by atoms with Crippen LogP contribution in [0.2, 0.25) is 0 Å². The molecule has 1 aromatic carbocycles. The monoisotopic (exact) mass is 260 g/mol. The predicted molar refractivity (Wildman–Crippen MR) is 73.3 cm³/mol. The molecule has 2 unspecified atom stereocenters. The van der Waals surface area contributed by atoms with Crippen molar-refractivity contribution in [2.24, 2.45) is 5.84 Å². The Labute approximate surface area is 111 Å². The summed E-state index contributed by atoms with van der Waals surface area (Å²) in [6.07, 6.45) is 3.60. The lowest BCUT2D eigenvalue weighted by molar-refractivity contribution is 0.438. The molecule has 1 aliphatic heterocycles. The maximum atomic E-state index is 5.70. The van der Waals surface area contributed by atoms with Gasteiger partial charge in [-0.2, -0.15) is 0 Å². The van der Waals surface area contributed by atoms with Gasteiger partial charge in [-0.1, -0.05) is 18.2 Å². The molecule has 3 rings (SSSR count). The van der Waals surface area contributed by atoms with Crippen LogP contribution in [0.15, 0.2) is 52.0 Å². The number of hydrogen-bond donors (Lipinski definition) is 2. The Morgan fingerprint density at radius 3 is 2.94 bits per heavy atom. The number of thioether (sulfide) groups is 1. The third kappa shape index (κ3) is 2.32. The van der Waals surface area contributed by atoms with Crippen LogP contribution in [-0.2, 0) is 12.8 Å². The second kappa shape index (κ2) is 5.18. The topological polar surface area (TPSA) is 51.2 Å². The number of nitrogens with two attached hydrogens (primary N) is 1. The van der Waals surface area contributed by atoms with E-state index in [0.29, 0.717) is 5.25 Å². The van der Waals surface area contributed by atoms with Crippen LogP contribution < -0.4 is 11.3 Å². The van der Waals surface area contributed by atoms with E-state index < -0.39 is 0 Å². The van der Waals surface area contributed by atoms with E-state index in [4.69, 9.17) is 10.3 Å². The number of fused-ring (bicyclic) bond motifs is 1. The van der Waals surface area contributed by atoms with Gasteiger partial charge in [-0.15, -0.1) is 11.8 Å². The second-order valence-electron chi connectivity index (χ2n) is 4.52. The zero-order valence-corrected chi connectivity index (χ0v) is 10.8. The zero-order valence-electron chi connectivity index (χ0n) is 10.0. The Balaban J connectivity index is 1.71. The van der Waals surface area contributed by atoms with Gasteiger partial charge in [-0.3, -0.25) is 11.3 Å². The van der Waals surface area contributed by atoms with Gasteiger partial charge in [-0.05, 0) is 30.2 Å². The van der Waals surface area contributed by atoms with Gasteiger partial charge in [0.1, 0.15) is 5.76 Å². The summed E-state index contributed by atoms with van der Waals surface area (Å²) in [4.78, 5) is 1.38. The van der Waals surface area contributed by atoms with Crippen molar-refractivity contribution >= 4 is 11.8 Å². The molecular formula is C14H16N2OS.